The molecule has 2 N–H and O–H groups in total. The quantitative estimate of drug-likeness (QED) is 0.162. The van der Waals surface area contributed by atoms with E-state index in [-0.39, 0.29) is 28.8 Å². The van der Waals surface area contributed by atoms with Crippen molar-refractivity contribution >= 4 is 56.3 Å². The number of unbranched alkanes of at least 4 members (excludes halogenated alkanes) is 1. The number of phenols is 1. The lowest BCUT2D eigenvalue weighted by Gasteiger charge is -2.27. The van der Waals surface area contributed by atoms with Crippen LogP contribution in [0.4, 0.5) is 17.1 Å². The third-order valence-corrected chi connectivity index (χ3v) is 7.23. The van der Waals surface area contributed by atoms with E-state index in [0.717, 1.165) is 12.8 Å². The van der Waals surface area contributed by atoms with Gasteiger partial charge in [-0.05, 0) is 48.2 Å². The summed E-state index contributed by atoms with van der Waals surface area (Å²) in [4.78, 5) is 40.9. The first-order valence-electron chi connectivity index (χ1n) is 13.4. The number of amides is 3. The van der Waals surface area contributed by atoms with Gasteiger partial charge in [-0.1, -0.05) is 67.9 Å². The minimum absolute atomic E-state index is 0.0572. The molecular weight excluding hydrogens is 516 g/mol. The molecule has 8 heteroatoms. The summed E-state index contributed by atoms with van der Waals surface area (Å²) in [5, 5.41) is 25.4. The Balaban J connectivity index is 1.43. The lowest BCUT2D eigenvalue weighted by Crippen LogP contribution is -2.40. The molecule has 8 nitrogen and oxygen atoms in total. The van der Waals surface area contributed by atoms with Crippen molar-refractivity contribution in [3.8, 4) is 5.75 Å². The molecule has 0 bridgehead atoms. The molecule has 0 unspecified atom stereocenters. The second-order valence-corrected chi connectivity index (χ2v) is 9.84. The Kier molecular flexibility index (Phi) is 6.73. The number of rotatable bonds is 7. The Morgan fingerprint density at radius 2 is 1.54 bits per heavy atom. The third-order valence-electron chi connectivity index (χ3n) is 7.23. The SMILES string of the molecule is CCCCN1C(=O)c2cccc3c(N=Nc4c(O)c(C(=O)Nc5ccccc5)cc5ccccc45)ccc(c23)C1=O. The number of phenolic OH excluding ortho intramolecular Hbond substituents is 1. The topological polar surface area (TPSA) is 111 Å². The molecule has 0 fully saturated rings. The second-order valence-electron chi connectivity index (χ2n) is 9.84. The van der Waals surface area contributed by atoms with E-state index in [4.69, 9.17) is 0 Å². The smallest absolute Gasteiger partial charge is 0.261 e. The van der Waals surface area contributed by atoms with E-state index in [1.807, 2.05) is 31.2 Å². The zero-order valence-corrected chi connectivity index (χ0v) is 22.3. The van der Waals surface area contributed by atoms with Crippen LogP contribution in [0.2, 0.25) is 0 Å². The molecule has 0 aromatic heterocycles. The average molecular weight is 543 g/mol. The number of aromatic hydroxyl groups is 1. The van der Waals surface area contributed by atoms with Gasteiger partial charge in [-0.15, -0.1) is 10.2 Å². The predicted molar refractivity (Wildman–Crippen MR) is 158 cm³/mol. The summed E-state index contributed by atoms with van der Waals surface area (Å²) in [6, 6.07) is 26.5. The summed E-state index contributed by atoms with van der Waals surface area (Å²) >= 11 is 0. The first-order chi connectivity index (χ1) is 20.0. The summed E-state index contributed by atoms with van der Waals surface area (Å²) < 4.78 is 0. The van der Waals surface area contributed by atoms with Crippen LogP contribution in [0, 0.1) is 0 Å². The molecular formula is C33H26N4O4. The number of imide groups is 1. The fraction of sp³-hybridized carbons (Fsp3) is 0.121. The van der Waals surface area contributed by atoms with Crippen molar-refractivity contribution in [3.63, 3.8) is 0 Å². The maximum absolute atomic E-state index is 13.2. The van der Waals surface area contributed by atoms with E-state index in [9.17, 15) is 19.5 Å². The van der Waals surface area contributed by atoms with Crippen molar-refractivity contribution in [1.29, 1.82) is 0 Å². The standard InChI is InChI=1S/C33H26N4O4/c1-2-3-18-37-32(40)24-15-9-14-23-27(17-16-25(28(23)24)33(37)41)35-36-29-22-13-8-7-10-20(22)19-26(30(29)38)31(39)34-21-11-5-4-6-12-21/h4-17,19,38H,2-3,18H2,1H3,(H,34,39). The Morgan fingerprint density at radius 3 is 2.32 bits per heavy atom. The number of fused-ring (bicyclic) bond motifs is 1. The van der Waals surface area contributed by atoms with Crippen molar-refractivity contribution in [3.05, 3.63) is 108 Å². The Hall–Kier alpha value is -5.37. The van der Waals surface area contributed by atoms with Crippen LogP contribution in [0.1, 0.15) is 50.8 Å². The Labute approximate surface area is 235 Å². The lowest BCUT2D eigenvalue weighted by molar-refractivity contribution is 0.0608. The average Bonchev–Trinajstić information content (AvgIpc) is 2.99. The molecule has 0 saturated heterocycles. The van der Waals surface area contributed by atoms with Crippen LogP contribution < -0.4 is 5.32 Å². The molecule has 6 rings (SSSR count). The van der Waals surface area contributed by atoms with Crippen LogP contribution in [-0.2, 0) is 0 Å². The van der Waals surface area contributed by atoms with Gasteiger partial charge in [0.2, 0.25) is 0 Å². The maximum Gasteiger partial charge on any atom is 0.261 e. The summed E-state index contributed by atoms with van der Waals surface area (Å²) in [5.41, 5.74) is 2.10. The number of carbonyl (C=O) groups excluding carboxylic acids is 3. The van der Waals surface area contributed by atoms with E-state index in [1.54, 1.807) is 66.7 Å². The van der Waals surface area contributed by atoms with Crippen molar-refractivity contribution in [2.75, 3.05) is 11.9 Å². The maximum atomic E-state index is 13.2. The zero-order valence-electron chi connectivity index (χ0n) is 22.3. The van der Waals surface area contributed by atoms with Crippen molar-refractivity contribution < 1.29 is 19.5 Å². The molecule has 3 amide bonds. The molecule has 0 atom stereocenters. The van der Waals surface area contributed by atoms with Gasteiger partial charge >= 0.3 is 0 Å². The number of anilines is 1. The van der Waals surface area contributed by atoms with Crippen molar-refractivity contribution in [1.82, 2.24) is 4.90 Å². The summed E-state index contributed by atoms with van der Waals surface area (Å²) in [5.74, 6) is -1.43. The van der Waals surface area contributed by atoms with E-state index in [0.29, 0.717) is 50.6 Å². The molecule has 0 aliphatic carbocycles. The van der Waals surface area contributed by atoms with Gasteiger partial charge in [0.05, 0.1) is 11.3 Å². The highest BCUT2D eigenvalue weighted by Gasteiger charge is 2.32. The minimum atomic E-state index is -0.484. The number of nitrogens with one attached hydrogen (secondary N) is 1. The van der Waals surface area contributed by atoms with E-state index in [1.165, 1.54) is 4.90 Å². The molecule has 5 aromatic rings. The summed E-state index contributed by atoms with van der Waals surface area (Å²) in [7, 11) is 0. The lowest BCUT2D eigenvalue weighted by atomic mass is 9.93. The van der Waals surface area contributed by atoms with Crippen molar-refractivity contribution in [2.24, 2.45) is 10.2 Å². The Morgan fingerprint density at radius 1 is 0.829 bits per heavy atom. The normalized spacial score (nSPS) is 13.0. The monoisotopic (exact) mass is 542 g/mol. The van der Waals surface area contributed by atoms with Gasteiger partial charge < -0.3 is 10.4 Å². The van der Waals surface area contributed by atoms with Crippen LogP contribution in [0.3, 0.4) is 0 Å². The number of hydrogen-bond acceptors (Lipinski definition) is 6. The van der Waals surface area contributed by atoms with Crippen LogP contribution in [0.15, 0.2) is 101 Å². The van der Waals surface area contributed by atoms with Gasteiger partial charge in [0.1, 0.15) is 5.69 Å². The number of carbonyl (C=O) groups is 3. The van der Waals surface area contributed by atoms with E-state index >= 15 is 0 Å². The fourth-order valence-corrected chi connectivity index (χ4v) is 5.15. The molecule has 1 aliphatic rings. The Bertz CT molecular complexity index is 1860. The first kappa shape index (κ1) is 25.9. The number of nitrogens with zero attached hydrogens (tertiary/aromatic N) is 3. The zero-order chi connectivity index (χ0) is 28.5. The summed E-state index contributed by atoms with van der Waals surface area (Å²) in [6.07, 6.45) is 1.60. The molecule has 5 aromatic carbocycles. The molecule has 0 spiro atoms. The number of para-hydroxylation sites is 1. The highest BCUT2D eigenvalue weighted by molar-refractivity contribution is 6.26. The number of azo groups is 1. The van der Waals surface area contributed by atoms with Gasteiger partial charge in [-0.3, -0.25) is 19.3 Å². The fourth-order valence-electron chi connectivity index (χ4n) is 5.15. The minimum Gasteiger partial charge on any atom is -0.505 e. The van der Waals surface area contributed by atoms with Crippen LogP contribution >= 0.6 is 0 Å². The van der Waals surface area contributed by atoms with E-state index < -0.39 is 5.91 Å². The van der Waals surface area contributed by atoms with Gasteiger partial charge in [-0.2, -0.15) is 0 Å². The first-order valence-corrected chi connectivity index (χ1v) is 13.4. The van der Waals surface area contributed by atoms with Gasteiger partial charge in [-0.25, -0.2) is 0 Å². The van der Waals surface area contributed by atoms with Crippen LogP contribution in [-0.4, -0.2) is 34.3 Å². The molecule has 0 saturated carbocycles. The second kappa shape index (κ2) is 10.7. The number of benzene rings is 5. The third kappa shape index (κ3) is 4.59. The number of hydrogen-bond donors (Lipinski definition) is 2. The van der Waals surface area contributed by atoms with Crippen LogP contribution in [0.5, 0.6) is 5.75 Å². The highest BCUT2D eigenvalue weighted by Crippen LogP contribution is 2.41. The van der Waals surface area contributed by atoms with E-state index in [2.05, 4.69) is 15.5 Å². The molecule has 0 radical (unpaired) electrons. The molecule has 202 valence electrons. The highest BCUT2D eigenvalue weighted by atomic mass is 16.3. The summed E-state index contributed by atoms with van der Waals surface area (Å²) in [6.45, 7) is 2.38. The predicted octanol–water partition coefficient (Wildman–Crippen LogP) is 7.76. The molecule has 1 aliphatic heterocycles. The molecule has 41 heavy (non-hydrogen) atoms. The van der Waals surface area contributed by atoms with Gasteiger partial charge in [0.25, 0.3) is 17.7 Å². The van der Waals surface area contributed by atoms with Crippen molar-refractivity contribution in [2.45, 2.75) is 19.8 Å². The van der Waals surface area contributed by atoms with Gasteiger partial charge in [0.15, 0.2) is 5.75 Å². The largest absolute Gasteiger partial charge is 0.505 e. The van der Waals surface area contributed by atoms with Gasteiger partial charge in [0, 0.05) is 39.5 Å². The van der Waals surface area contributed by atoms with Crippen LogP contribution in [0.25, 0.3) is 21.5 Å². The molecule has 1 heterocycles.